The molecule has 0 aliphatic heterocycles. The smallest absolute Gasteiger partial charge is 0.165 e. The zero-order valence-corrected chi connectivity index (χ0v) is 15.2. The normalized spacial score (nSPS) is 10.5. The Labute approximate surface area is 148 Å². The Balaban J connectivity index is 2.00. The van der Waals surface area contributed by atoms with E-state index in [1.54, 1.807) is 20.3 Å². The third-order valence-electron chi connectivity index (χ3n) is 3.68. The van der Waals surface area contributed by atoms with Crippen LogP contribution in [0.25, 0.3) is 0 Å². The highest BCUT2D eigenvalue weighted by Crippen LogP contribution is 2.34. The molecular formula is C19H24ClNO3. The van der Waals surface area contributed by atoms with Gasteiger partial charge in [0.2, 0.25) is 0 Å². The maximum atomic E-state index is 6.17. The molecule has 0 spiro atoms. The Hall–Kier alpha value is -1.91. The van der Waals surface area contributed by atoms with Crippen LogP contribution in [0.15, 0.2) is 36.4 Å². The molecule has 0 aliphatic carbocycles. The fourth-order valence-corrected chi connectivity index (χ4v) is 2.80. The molecule has 4 nitrogen and oxygen atoms in total. The van der Waals surface area contributed by atoms with Gasteiger partial charge in [0.1, 0.15) is 5.75 Å². The highest BCUT2D eigenvalue weighted by atomic mass is 35.5. The molecule has 5 heteroatoms. The van der Waals surface area contributed by atoms with Crippen LogP contribution in [0.4, 0.5) is 0 Å². The second-order valence-electron chi connectivity index (χ2n) is 5.27. The van der Waals surface area contributed by atoms with E-state index in [1.807, 2.05) is 31.2 Å². The van der Waals surface area contributed by atoms with E-state index in [0.29, 0.717) is 23.9 Å². The summed E-state index contributed by atoms with van der Waals surface area (Å²) in [5, 5.41) is 4.07. The Bertz CT molecular complexity index is 661. The van der Waals surface area contributed by atoms with E-state index in [-0.39, 0.29) is 0 Å². The van der Waals surface area contributed by atoms with Crippen molar-refractivity contribution < 1.29 is 14.2 Å². The summed E-state index contributed by atoms with van der Waals surface area (Å²) >= 11 is 6.17. The van der Waals surface area contributed by atoms with Gasteiger partial charge in [-0.15, -0.1) is 0 Å². The van der Waals surface area contributed by atoms with Crippen molar-refractivity contribution in [1.82, 2.24) is 5.32 Å². The monoisotopic (exact) mass is 349 g/mol. The SMILES string of the molecule is CCOc1c(CNCCc2ccccc2OC)cc(Cl)cc1OC. The summed E-state index contributed by atoms with van der Waals surface area (Å²) in [7, 11) is 3.31. The van der Waals surface area contributed by atoms with Gasteiger partial charge in [-0.25, -0.2) is 0 Å². The lowest BCUT2D eigenvalue weighted by atomic mass is 10.1. The summed E-state index contributed by atoms with van der Waals surface area (Å²) in [6.45, 7) is 4.00. The largest absolute Gasteiger partial charge is 0.496 e. The van der Waals surface area contributed by atoms with Crippen molar-refractivity contribution in [3.63, 3.8) is 0 Å². The quantitative estimate of drug-likeness (QED) is 0.692. The topological polar surface area (TPSA) is 39.7 Å². The van der Waals surface area contributed by atoms with E-state index in [0.717, 1.165) is 30.0 Å². The molecule has 0 aromatic heterocycles. The number of nitrogens with one attached hydrogen (secondary N) is 1. The van der Waals surface area contributed by atoms with Gasteiger partial charge < -0.3 is 19.5 Å². The van der Waals surface area contributed by atoms with Gasteiger partial charge in [0.25, 0.3) is 0 Å². The van der Waals surface area contributed by atoms with Crippen LogP contribution in [0.1, 0.15) is 18.1 Å². The van der Waals surface area contributed by atoms with Gasteiger partial charge in [0.05, 0.1) is 20.8 Å². The molecular weight excluding hydrogens is 326 g/mol. The molecule has 24 heavy (non-hydrogen) atoms. The minimum absolute atomic E-state index is 0.576. The summed E-state index contributed by atoms with van der Waals surface area (Å²) < 4.78 is 16.5. The van der Waals surface area contributed by atoms with E-state index in [9.17, 15) is 0 Å². The summed E-state index contributed by atoms with van der Waals surface area (Å²) in [6, 6.07) is 11.7. The van der Waals surface area contributed by atoms with Crippen LogP contribution in [-0.2, 0) is 13.0 Å². The molecule has 1 N–H and O–H groups in total. The van der Waals surface area contributed by atoms with Gasteiger partial charge in [-0.1, -0.05) is 29.8 Å². The second-order valence-corrected chi connectivity index (χ2v) is 5.70. The fraction of sp³-hybridized carbons (Fsp3) is 0.368. The Morgan fingerprint density at radius 3 is 2.46 bits per heavy atom. The number of para-hydroxylation sites is 1. The van der Waals surface area contributed by atoms with Crippen LogP contribution in [0.5, 0.6) is 17.2 Å². The standard InChI is InChI=1S/C19H24ClNO3/c1-4-24-19-15(11-16(20)12-18(19)23-3)13-21-10-9-14-7-5-6-8-17(14)22-2/h5-8,11-12,21H,4,9-10,13H2,1-3H3. The number of hydrogen-bond acceptors (Lipinski definition) is 4. The first-order valence-corrected chi connectivity index (χ1v) is 8.39. The minimum atomic E-state index is 0.576. The van der Waals surface area contributed by atoms with Crippen molar-refractivity contribution in [2.75, 3.05) is 27.4 Å². The first-order chi connectivity index (χ1) is 11.7. The van der Waals surface area contributed by atoms with Crippen molar-refractivity contribution in [3.8, 4) is 17.2 Å². The summed E-state index contributed by atoms with van der Waals surface area (Å²) in [5.41, 5.74) is 2.17. The van der Waals surface area contributed by atoms with Crippen LogP contribution in [0.3, 0.4) is 0 Å². The molecule has 0 atom stereocenters. The highest BCUT2D eigenvalue weighted by Gasteiger charge is 2.12. The van der Waals surface area contributed by atoms with Crippen molar-refractivity contribution in [3.05, 3.63) is 52.5 Å². The van der Waals surface area contributed by atoms with E-state index >= 15 is 0 Å². The first-order valence-electron chi connectivity index (χ1n) is 8.01. The van der Waals surface area contributed by atoms with Gasteiger partial charge in [0.15, 0.2) is 11.5 Å². The van der Waals surface area contributed by atoms with Crippen molar-refractivity contribution in [1.29, 1.82) is 0 Å². The molecule has 0 unspecified atom stereocenters. The Morgan fingerprint density at radius 1 is 1.00 bits per heavy atom. The summed E-state index contributed by atoms with van der Waals surface area (Å²) in [6.07, 6.45) is 0.881. The molecule has 0 heterocycles. The Morgan fingerprint density at radius 2 is 1.75 bits per heavy atom. The zero-order chi connectivity index (χ0) is 17.4. The van der Waals surface area contributed by atoms with Crippen LogP contribution >= 0.6 is 11.6 Å². The van der Waals surface area contributed by atoms with Gasteiger partial charge in [0, 0.05) is 23.2 Å². The number of ether oxygens (including phenoxy) is 3. The molecule has 2 aromatic rings. The van der Waals surface area contributed by atoms with Crippen molar-refractivity contribution >= 4 is 11.6 Å². The predicted molar refractivity (Wildman–Crippen MR) is 97.6 cm³/mol. The Kier molecular flexibility index (Phi) is 7.22. The average Bonchev–Trinajstić information content (AvgIpc) is 2.60. The van der Waals surface area contributed by atoms with E-state index in [2.05, 4.69) is 11.4 Å². The van der Waals surface area contributed by atoms with Crippen molar-refractivity contribution in [2.24, 2.45) is 0 Å². The van der Waals surface area contributed by atoms with Crippen molar-refractivity contribution in [2.45, 2.75) is 19.9 Å². The van der Waals surface area contributed by atoms with Gasteiger partial charge in [-0.2, -0.15) is 0 Å². The summed E-state index contributed by atoms with van der Waals surface area (Å²) in [5.74, 6) is 2.32. The molecule has 0 fully saturated rings. The number of methoxy groups -OCH3 is 2. The van der Waals surface area contributed by atoms with Gasteiger partial charge >= 0.3 is 0 Å². The summed E-state index contributed by atoms with van der Waals surface area (Å²) in [4.78, 5) is 0. The minimum Gasteiger partial charge on any atom is -0.496 e. The lowest BCUT2D eigenvalue weighted by molar-refractivity contribution is 0.307. The first kappa shape index (κ1) is 18.4. The predicted octanol–water partition coefficient (Wildman–Crippen LogP) is 4.09. The molecule has 130 valence electrons. The molecule has 0 aliphatic rings. The number of halogens is 1. The van der Waals surface area contributed by atoms with E-state index in [1.165, 1.54) is 5.56 Å². The number of benzene rings is 2. The van der Waals surface area contributed by atoms with Gasteiger partial charge in [-0.3, -0.25) is 0 Å². The zero-order valence-electron chi connectivity index (χ0n) is 14.4. The third kappa shape index (κ3) is 4.79. The third-order valence-corrected chi connectivity index (χ3v) is 3.90. The van der Waals surface area contributed by atoms with Crippen LogP contribution < -0.4 is 19.5 Å². The van der Waals surface area contributed by atoms with Crippen LogP contribution in [-0.4, -0.2) is 27.4 Å². The molecule has 0 saturated heterocycles. The van der Waals surface area contributed by atoms with Crippen LogP contribution in [0.2, 0.25) is 5.02 Å². The van der Waals surface area contributed by atoms with E-state index in [4.69, 9.17) is 25.8 Å². The van der Waals surface area contributed by atoms with Crippen LogP contribution in [0, 0.1) is 0 Å². The van der Waals surface area contributed by atoms with E-state index < -0.39 is 0 Å². The number of hydrogen-bond donors (Lipinski definition) is 1. The van der Waals surface area contributed by atoms with Gasteiger partial charge in [-0.05, 0) is 37.6 Å². The molecule has 0 radical (unpaired) electrons. The fourth-order valence-electron chi connectivity index (χ4n) is 2.57. The molecule has 2 rings (SSSR count). The molecule has 0 amide bonds. The maximum absolute atomic E-state index is 6.17. The lowest BCUT2D eigenvalue weighted by Gasteiger charge is -2.15. The average molecular weight is 350 g/mol. The highest BCUT2D eigenvalue weighted by molar-refractivity contribution is 6.30. The molecule has 2 aromatic carbocycles. The molecule has 0 saturated carbocycles. The second kappa shape index (κ2) is 9.40. The maximum Gasteiger partial charge on any atom is 0.165 e. The lowest BCUT2D eigenvalue weighted by Crippen LogP contribution is -2.18. The molecule has 0 bridgehead atoms. The number of rotatable bonds is 9.